The Bertz CT molecular complexity index is 1030. The van der Waals surface area contributed by atoms with E-state index in [4.69, 9.17) is 9.47 Å². The summed E-state index contributed by atoms with van der Waals surface area (Å²) < 4.78 is 13.6. The molecule has 0 bridgehead atoms. The predicted octanol–water partition coefficient (Wildman–Crippen LogP) is 2.88. The molecule has 0 saturated carbocycles. The van der Waals surface area contributed by atoms with E-state index in [1.54, 1.807) is 7.11 Å². The zero-order valence-electron chi connectivity index (χ0n) is 18.3. The average molecular weight is 408 g/mol. The maximum absolute atomic E-state index is 13.5. The van der Waals surface area contributed by atoms with Gasteiger partial charge in [-0.1, -0.05) is 30.3 Å². The zero-order valence-corrected chi connectivity index (χ0v) is 18.3. The number of hydrogen-bond donors (Lipinski definition) is 1. The number of morpholine rings is 1. The first-order valence-corrected chi connectivity index (χ1v) is 10.7. The molecular formula is C25H31N2O3+. The SMILES string of the molecule is COc1ccc2c(c1)c(C(=O)C[NH+]1C[C@H](C)O[C@@H](C)C1)c(C)n2Cc1ccccc1. The minimum atomic E-state index is 0.178. The molecule has 5 heteroatoms. The van der Waals surface area contributed by atoms with E-state index in [1.165, 1.54) is 10.5 Å². The smallest absolute Gasteiger partial charge is 0.219 e. The Hall–Kier alpha value is -2.63. The molecule has 1 saturated heterocycles. The number of carbonyl (C=O) groups excluding carboxylic acids is 1. The third kappa shape index (κ3) is 4.13. The van der Waals surface area contributed by atoms with Crippen LogP contribution in [0.3, 0.4) is 0 Å². The van der Waals surface area contributed by atoms with Crippen LogP contribution in [-0.2, 0) is 11.3 Å². The number of ketones is 1. The molecule has 0 aliphatic carbocycles. The van der Waals surface area contributed by atoms with Crippen LogP contribution in [0.25, 0.3) is 10.9 Å². The van der Waals surface area contributed by atoms with Gasteiger partial charge in [0.1, 0.15) is 37.6 Å². The van der Waals surface area contributed by atoms with Crippen molar-refractivity contribution >= 4 is 16.7 Å². The summed E-state index contributed by atoms with van der Waals surface area (Å²) in [6, 6.07) is 16.4. The molecule has 1 aliphatic rings. The summed E-state index contributed by atoms with van der Waals surface area (Å²) in [5, 5.41) is 0.974. The van der Waals surface area contributed by atoms with E-state index in [9.17, 15) is 4.79 Å². The van der Waals surface area contributed by atoms with Gasteiger partial charge < -0.3 is 18.9 Å². The van der Waals surface area contributed by atoms with Crippen LogP contribution < -0.4 is 9.64 Å². The van der Waals surface area contributed by atoms with Gasteiger partial charge in [-0.05, 0) is 44.5 Å². The lowest BCUT2D eigenvalue weighted by atomic mass is 10.1. The molecule has 30 heavy (non-hydrogen) atoms. The van der Waals surface area contributed by atoms with Gasteiger partial charge in [-0.15, -0.1) is 0 Å². The first-order chi connectivity index (χ1) is 14.5. The van der Waals surface area contributed by atoms with Gasteiger partial charge in [0.25, 0.3) is 0 Å². The summed E-state index contributed by atoms with van der Waals surface area (Å²) in [4.78, 5) is 14.8. The molecule has 2 heterocycles. The number of carbonyl (C=O) groups is 1. The monoisotopic (exact) mass is 407 g/mol. The maximum atomic E-state index is 13.5. The van der Waals surface area contributed by atoms with Crippen molar-refractivity contribution in [2.75, 3.05) is 26.7 Å². The van der Waals surface area contributed by atoms with Crippen molar-refractivity contribution in [3.63, 3.8) is 0 Å². The average Bonchev–Trinajstić information content (AvgIpc) is 2.98. The molecule has 4 rings (SSSR count). The molecule has 0 unspecified atom stereocenters. The minimum Gasteiger partial charge on any atom is -0.497 e. The summed E-state index contributed by atoms with van der Waals surface area (Å²) in [5.74, 6) is 0.961. The van der Waals surface area contributed by atoms with E-state index >= 15 is 0 Å². The fraction of sp³-hybridized carbons (Fsp3) is 0.400. The first kappa shape index (κ1) is 20.6. The normalized spacial score (nSPS) is 21.7. The lowest BCUT2D eigenvalue weighted by Gasteiger charge is -2.32. The molecule has 5 nitrogen and oxygen atoms in total. The number of nitrogens with one attached hydrogen (secondary N) is 1. The van der Waals surface area contributed by atoms with E-state index in [-0.39, 0.29) is 18.0 Å². The highest BCUT2D eigenvalue weighted by Crippen LogP contribution is 2.30. The molecule has 1 N–H and O–H groups in total. The van der Waals surface area contributed by atoms with Crippen LogP contribution in [0.4, 0.5) is 0 Å². The molecular weight excluding hydrogens is 376 g/mol. The number of hydrogen-bond acceptors (Lipinski definition) is 3. The maximum Gasteiger partial charge on any atom is 0.219 e. The first-order valence-electron chi connectivity index (χ1n) is 10.7. The number of ether oxygens (including phenoxy) is 2. The second-order valence-corrected chi connectivity index (χ2v) is 8.43. The van der Waals surface area contributed by atoms with Crippen LogP contribution >= 0.6 is 0 Å². The highest BCUT2D eigenvalue weighted by molar-refractivity contribution is 6.10. The molecule has 0 radical (unpaired) electrons. The van der Waals surface area contributed by atoms with E-state index < -0.39 is 0 Å². The molecule has 3 aromatic rings. The number of Topliss-reactive ketones (excluding diaryl/α,β-unsaturated/α-hetero) is 1. The molecule has 2 atom stereocenters. The van der Waals surface area contributed by atoms with Gasteiger partial charge in [0, 0.05) is 23.1 Å². The van der Waals surface area contributed by atoms with Gasteiger partial charge in [0.05, 0.1) is 12.7 Å². The van der Waals surface area contributed by atoms with Crippen molar-refractivity contribution in [3.05, 3.63) is 65.4 Å². The van der Waals surface area contributed by atoms with Gasteiger partial charge in [0.2, 0.25) is 5.78 Å². The van der Waals surface area contributed by atoms with Gasteiger partial charge >= 0.3 is 0 Å². The zero-order chi connectivity index (χ0) is 21.3. The van der Waals surface area contributed by atoms with E-state index in [2.05, 4.69) is 55.7 Å². The van der Waals surface area contributed by atoms with Crippen LogP contribution in [0.1, 0.15) is 35.5 Å². The van der Waals surface area contributed by atoms with Crippen LogP contribution in [-0.4, -0.2) is 49.3 Å². The Morgan fingerprint density at radius 3 is 2.50 bits per heavy atom. The van der Waals surface area contributed by atoms with Crippen LogP contribution in [0, 0.1) is 6.92 Å². The molecule has 1 aromatic heterocycles. The molecule has 2 aromatic carbocycles. The lowest BCUT2D eigenvalue weighted by Crippen LogP contribution is -3.16. The third-order valence-corrected chi connectivity index (χ3v) is 6.02. The lowest BCUT2D eigenvalue weighted by molar-refractivity contribution is -0.906. The van der Waals surface area contributed by atoms with E-state index in [0.29, 0.717) is 6.54 Å². The van der Waals surface area contributed by atoms with Gasteiger partial charge in [-0.2, -0.15) is 0 Å². The van der Waals surface area contributed by atoms with Crippen molar-refractivity contribution in [1.29, 1.82) is 0 Å². The molecule has 1 fully saturated rings. The second kappa shape index (κ2) is 8.62. The number of benzene rings is 2. The molecule has 158 valence electrons. The minimum absolute atomic E-state index is 0.178. The van der Waals surface area contributed by atoms with Gasteiger partial charge in [0.15, 0.2) is 0 Å². The van der Waals surface area contributed by atoms with Crippen LogP contribution in [0.5, 0.6) is 5.75 Å². The van der Waals surface area contributed by atoms with Crippen molar-refractivity contribution in [3.8, 4) is 5.75 Å². The molecule has 0 spiro atoms. The van der Waals surface area contributed by atoms with Crippen molar-refractivity contribution in [2.24, 2.45) is 0 Å². The summed E-state index contributed by atoms with van der Waals surface area (Å²) in [6.45, 7) is 9.18. The highest BCUT2D eigenvalue weighted by atomic mass is 16.5. The Balaban J connectivity index is 1.72. The summed E-state index contributed by atoms with van der Waals surface area (Å²) in [7, 11) is 1.66. The summed E-state index contributed by atoms with van der Waals surface area (Å²) in [5.41, 5.74) is 4.12. The summed E-state index contributed by atoms with van der Waals surface area (Å²) >= 11 is 0. The fourth-order valence-electron chi connectivity index (χ4n) is 4.76. The van der Waals surface area contributed by atoms with Crippen LogP contribution in [0.15, 0.2) is 48.5 Å². The number of quaternary nitrogens is 1. The third-order valence-electron chi connectivity index (χ3n) is 6.02. The molecule has 0 amide bonds. The number of nitrogens with zero attached hydrogens (tertiary/aromatic N) is 1. The van der Waals surface area contributed by atoms with Crippen molar-refractivity contribution in [1.82, 2.24) is 4.57 Å². The Kier molecular flexibility index (Phi) is 5.93. The number of fused-ring (bicyclic) bond motifs is 1. The Morgan fingerprint density at radius 2 is 1.83 bits per heavy atom. The standard InChI is InChI=1S/C25H30N2O3/c1-17-13-26(14-18(2)30-17)16-24(28)25-19(3)27(15-20-8-6-5-7-9-20)23-11-10-21(29-4)12-22(23)25/h5-12,17-18H,13-16H2,1-4H3/p+1/t17-,18-/m0/s1. The second-order valence-electron chi connectivity index (χ2n) is 8.43. The summed E-state index contributed by atoms with van der Waals surface area (Å²) in [6.07, 6.45) is 0.356. The Morgan fingerprint density at radius 1 is 1.13 bits per heavy atom. The number of methoxy groups -OCH3 is 1. The van der Waals surface area contributed by atoms with Gasteiger partial charge in [-0.3, -0.25) is 4.79 Å². The van der Waals surface area contributed by atoms with Crippen LogP contribution in [0.2, 0.25) is 0 Å². The topological polar surface area (TPSA) is 44.9 Å². The van der Waals surface area contributed by atoms with E-state index in [0.717, 1.165) is 47.5 Å². The fourth-order valence-corrected chi connectivity index (χ4v) is 4.76. The quantitative estimate of drug-likeness (QED) is 0.639. The van der Waals surface area contributed by atoms with Crippen molar-refractivity contribution in [2.45, 2.75) is 39.5 Å². The predicted molar refractivity (Wildman–Crippen MR) is 119 cm³/mol. The number of rotatable bonds is 6. The number of aromatic nitrogens is 1. The highest BCUT2D eigenvalue weighted by Gasteiger charge is 2.29. The van der Waals surface area contributed by atoms with Gasteiger partial charge in [-0.25, -0.2) is 0 Å². The Labute approximate surface area is 178 Å². The van der Waals surface area contributed by atoms with Crippen molar-refractivity contribution < 1.29 is 19.2 Å². The molecule has 1 aliphatic heterocycles. The van der Waals surface area contributed by atoms with E-state index in [1.807, 2.05) is 18.2 Å². The largest absolute Gasteiger partial charge is 0.497 e.